The normalized spacial score (nSPS) is 11.5. The quantitative estimate of drug-likeness (QED) is 0.495. The van der Waals surface area contributed by atoms with Gasteiger partial charge in [0, 0.05) is 26.2 Å². The average molecular weight is 405 g/mol. The number of benzene rings is 1. The van der Waals surface area contributed by atoms with Gasteiger partial charge in [-0.25, -0.2) is 4.68 Å². The number of nitrogens with zero attached hydrogens (tertiary/aromatic N) is 5. The number of aryl methyl sites for hydroxylation is 2. The first-order valence-electron chi connectivity index (χ1n) is 6.90. The maximum absolute atomic E-state index is 4.33. The first-order chi connectivity index (χ1) is 10.6. The number of rotatable bonds is 3. The molecule has 1 aromatic carbocycles. The van der Waals surface area contributed by atoms with Gasteiger partial charge in [-0.2, -0.15) is 5.10 Å². The van der Waals surface area contributed by atoms with E-state index in [-0.39, 0.29) is 0 Å². The van der Waals surface area contributed by atoms with E-state index in [4.69, 9.17) is 0 Å². The van der Waals surface area contributed by atoms with E-state index < -0.39 is 0 Å². The predicted molar refractivity (Wildman–Crippen MR) is 95.7 cm³/mol. The van der Waals surface area contributed by atoms with Gasteiger partial charge in [0.2, 0.25) is 0 Å². The number of aromatic nitrogens is 4. The molecule has 2 heterocycles. The van der Waals surface area contributed by atoms with Crippen LogP contribution in [0.5, 0.6) is 0 Å². The molecule has 0 fully saturated rings. The van der Waals surface area contributed by atoms with Crippen LogP contribution < -0.4 is 0 Å². The summed E-state index contributed by atoms with van der Waals surface area (Å²) in [6.45, 7) is 6.35. The Kier molecular flexibility index (Phi) is 4.10. The van der Waals surface area contributed by atoms with Crippen LogP contribution in [0.2, 0.25) is 0 Å². The molecule has 0 saturated heterocycles. The van der Waals surface area contributed by atoms with Crippen molar-refractivity contribution >= 4 is 28.8 Å². The lowest BCUT2D eigenvalue weighted by Crippen LogP contribution is -2.00. The first kappa shape index (κ1) is 15.0. The van der Waals surface area contributed by atoms with Crippen molar-refractivity contribution in [2.75, 3.05) is 0 Å². The predicted octanol–water partition coefficient (Wildman–Crippen LogP) is 3.48. The summed E-state index contributed by atoms with van der Waals surface area (Å²) in [7, 11) is 0. The summed E-state index contributed by atoms with van der Waals surface area (Å²) in [6.07, 6.45) is 4.97. The van der Waals surface area contributed by atoms with Crippen LogP contribution in [-0.2, 0) is 0 Å². The zero-order valence-electron chi connectivity index (χ0n) is 12.7. The Bertz CT molecular complexity index is 831. The summed E-state index contributed by atoms with van der Waals surface area (Å²) < 4.78 is 5.11. The molecule has 0 atom stereocenters. The second kappa shape index (κ2) is 6.04. The van der Waals surface area contributed by atoms with Crippen molar-refractivity contribution < 1.29 is 0 Å². The van der Waals surface area contributed by atoms with Gasteiger partial charge in [-0.1, -0.05) is 0 Å². The summed E-state index contributed by atoms with van der Waals surface area (Å²) >= 11 is 2.36. The van der Waals surface area contributed by atoms with E-state index in [1.807, 2.05) is 6.21 Å². The number of hydrogen-bond acceptors (Lipinski definition) is 3. The molecule has 2 aromatic heterocycles. The monoisotopic (exact) mass is 405 g/mol. The Hall–Kier alpha value is -1.96. The molecule has 6 heteroatoms. The molecule has 0 bridgehead atoms. The standard InChI is InChI=1S/C16H16IN5/c1-11-6-15(4-5-16(11)17)22-12(2)7-14(13(22)3)8-20-21-9-18-19-10-21/h4-10H,1-3H3. The zero-order chi connectivity index (χ0) is 15.7. The topological polar surface area (TPSA) is 48.0 Å². The van der Waals surface area contributed by atoms with Crippen molar-refractivity contribution in [2.24, 2.45) is 5.10 Å². The molecule has 0 aliphatic rings. The lowest BCUT2D eigenvalue weighted by atomic mass is 10.2. The van der Waals surface area contributed by atoms with Crippen molar-refractivity contribution in [1.29, 1.82) is 0 Å². The van der Waals surface area contributed by atoms with Crippen molar-refractivity contribution in [2.45, 2.75) is 20.8 Å². The van der Waals surface area contributed by atoms with Gasteiger partial charge in [0.1, 0.15) is 12.7 Å². The molecule has 0 aliphatic heterocycles. The van der Waals surface area contributed by atoms with Crippen molar-refractivity contribution in [3.05, 3.63) is 63.0 Å². The Morgan fingerprint density at radius 1 is 1.09 bits per heavy atom. The third-order valence-corrected chi connectivity index (χ3v) is 4.82. The van der Waals surface area contributed by atoms with Crippen LogP contribution in [0.15, 0.2) is 42.0 Å². The van der Waals surface area contributed by atoms with Crippen LogP contribution in [0, 0.1) is 24.3 Å². The lowest BCUT2D eigenvalue weighted by Gasteiger charge is -2.11. The minimum Gasteiger partial charge on any atom is -0.318 e. The largest absolute Gasteiger partial charge is 0.318 e. The smallest absolute Gasteiger partial charge is 0.141 e. The van der Waals surface area contributed by atoms with E-state index in [9.17, 15) is 0 Å². The molecule has 0 radical (unpaired) electrons. The Morgan fingerprint density at radius 3 is 2.50 bits per heavy atom. The maximum Gasteiger partial charge on any atom is 0.141 e. The summed E-state index contributed by atoms with van der Waals surface area (Å²) in [5.41, 5.74) is 5.89. The van der Waals surface area contributed by atoms with Crippen LogP contribution in [0.1, 0.15) is 22.5 Å². The molecule has 5 nitrogen and oxygen atoms in total. The minimum absolute atomic E-state index is 1.09. The first-order valence-corrected chi connectivity index (χ1v) is 7.98. The fourth-order valence-corrected chi connectivity index (χ4v) is 2.80. The Morgan fingerprint density at radius 2 is 1.82 bits per heavy atom. The molecule has 0 unspecified atom stereocenters. The molecule has 0 spiro atoms. The van der Waals surface area contributed by atoms with Crippen molar-refractivity contribution in [3.63, 3.8) is 0 Å². The summed E-state index contributed by atoms with van der Waals surface area (Å²) in [5.74, 6) is 0. The van der Waals surface area contributed by atoms with E-state index in [1.54, 1.807) is 17.3 Å². The molecule has 0 N–H and O–H groups in total. The van der Waals surface area contributed by atoms with Crippen LogP contribution >= 0.6 is 22.6 Å². The summed E-state index contributed by atoms with van der Waals surface area (Å²) in [4.78, 5) is 0. The highest BCUT2D eigenvalue weighted by Crippen LogP contribution is 2.22. The van der Waals surface area contributed by atoms with Gasteiger partial charge in [-0.15, -0.1) is 10.2 Å². The molecule has 112 valence electrons. The Labute approximate surface area is 142 Å². The summed E-state index contributed by atoms with van der Waals surface area (Å²) in [5, 5.41) is 11.8. The SMILES string of the molecule is Cc1cc(-n2c(C)cc(C=Nn3cnnc3)c2C)ccc1I. The third-order valence-electron chi connectivity index (χ3n) is 3.61. The third kappa shape index (κ3) is 2.83. The van der Waals surface area contributed by atoms with Gasteiger partial charge in [-0.05, 0) is 73.2 Å². The number of halogens is 1. The lowest BCUT2D eigenvalue weighted by molar-refractivity contribution is 0.877. The van der Waals surface area contributed by atoms with Crippen molar-refractivity contribution in [3.8, 4) is 5.69 Å². The molecule has 3 aromatic rings. The molecule has 22 heavy (non-hydrogen) atoms. The Balaban J connectivity index is 2.01. The van der Waals surface area contributed by atoms with Crippen LogP contribution in [-0.4, -0.2) is 25.7 Å². The second-order valence-electron chi connectivity index (χ2n) is 5.18. The van der Waals surface area contributed by atoms with E-state index in [2.05, 4.69) is 87.5 Å². The highest BCUT2D eigenvalue weighted by Gasteiger charge is 2.10. The molecular weight excluding hydrogens is 389 g/mol. The van der Waals surface area contributed by atoms with Gasteiger partial charge >= 0.3 is 0 Å². The maximum atomic E-state index is 4.33. The van der Waals surface area contributed by atoms with Crippen LogP contribution in [0.25, 0.3) is 5.69 Å². The highest BCUT2D eigenvalue weighted by atomic mass is 127. The zero-order valence-corrected chi connectivity index (χ0v) is 14.8. The van der Waals surface area contributed by atoms with Gasteiger partial charge in [0.15, 0.2) is 0 Å². The van der Waals surface area contributed by atoms with Gasteiger partial charge in [0.25, 0.3) is 0 Å². The fourth-order valence-electron chi connectivity index (χ4n) is 2.47. The molecule has 0 saturated carbocycles. The average Bonchev–Trinajstić information content (AvgIpc) is 3.09. The second-order valence-corrected chi connectivity index (χ2v) is 6.34. The van der Waals surface area contributed by atoms with Crippen molar-refractivity contribution in [1.82, 2.24) is 19.4 Å². The van der Waals surface area contributed by atoms with Crippen LogP contribution in [0.3, 0.4) is 0 Å². The van der Waals surface area contributed by atoms with Gasteiger partial charge < -0.3 is 4.57 Å². The van der Waals surface area contributed by atoms with E-state index >= 15 is 0 Å². The number of hydrogen-bond donors (Lipinski definition) is 0. The van der Waals surface area contributed by atoms with Gasteiger partial charge in [0.05, 0.1) is 6.21 Å². The van der Waals surface area contributed by atoms with E-state index in [1.165, 1.54) is 20.5 Å². The van der Waals surface area contributed by atoms with E-state index in [0.717, 1.165) is 11.3 Å². The van der Waals surface area contributed by atoms with Gasteiger partial charge in [-0.3, -0.25) is 0 Å². The molecule has 0 aliphatic carbocycles. The molecule has 0 amide bonds. The summed E-state index contributed by atoms with van der Waals surface area (Å²) in [6, 6.07) is 8.64. The highest BCUT2D eigenvalue weighted by molar-refractivity contribution is 14.1. The van der Waals surface area contributed by atoms with E-state index in [0.29, 0.717) is 0 Å². The fraction of sp³-hybridized carbons (Fsp3) is 0.188. The molecular formula is C16H16IN5. The minimum atomic E-state index is 1.09. The van der Waals surface area contributed by atoms with Crippen LogP contribution in [0.4, 0.5) is 0 Å². The molecule has 3 rings (SSSR count).